The van der Waals surface area contributed by atoms with Crippen LogP contribution in [0.5, 0.6) is 0 Å². The van der Waals surface area contributed by atoms with E-state index in [1.165, 1.54) is 16.7 Å². The first-order valence-electron chi connectivity index (χ1n) is 7.91. The molecule has 2 heteroatoms. The Bertz CT molecular complexity index is 907. The van der Waals surface area contributed by atoms with E-state index >= 15 is 0 Å². The lowest BCUT2D eigenvalue weighted by Crippen LogP contribution is -2.28. The molecule has 0 N–H and O–H groups in total. The van der Waals surface area contributed by atoms with Gasteiger partial charge in [0.1, 0.15) is 0 Å². The number of benzene rings is 2. The van der Waals surface area contributed by atoms with Crippen molar-refractivity contribution in [1.29, 1.82) is 0 Å². The molecule has 1 unspecified atom stereocenters. The van der Waals surface area contributed by atoms with E-state index in [1.54, 1.807) is 6.07 Å². The lowest BCUT2D eigenvalue weighted by atomic mass is 9.88. The van der Waals surface area contributed by atoms with Gasteiger partial charge in [0, 0.05) is 12.1 Å². The molecule has 0 spiro atoms. The maximum absolute atomic E-state index is 12.5. The van der Waals surface area contributed by atoms with Crippen LogP contribution in [0.4, 0.5) is 0 Å². The van der Waals surface area contributed by atoms with Gasteiger partial charge in [0.05, 0.1) is 5.52 Å². The van der Waals surface area contributed by atoms with E-state index in [0.717, 1.165) is 30.2 Å². The Kier molecular flexibility index (Phi) is 3.11. The Morgan fingerprint density at radius 3 is 2.64 bits per heavy atom. The molecular weight excluding hydrogens is 270 g/mol. The van der Waals surface area contributed by atoms with Crippen molar-refractivity contribution < 1.29 is 0 Å². The predicted octanol–water partition coefficient (Wildman–Crippen LogP) is 4.04. The minimum atomic E-state index is 0.113. The lowest BCUT2D eigenvalue weighted by molar-refractivity contribution is 0.443. The minimum Gasteiger partial charge on any atom is -0.305 e. The Morgan fingerprint density at radius 1 is 1.00 bits per heavy atom. The highest BCUT2D eigenvalue weighted by Crippen LogP contribution is 2.30. The van der Waals surface area contributed by atoms with Crippen LogP contribution in [-0.4, -0.2) is 4.57 Å². The monoisotopic (exact) mass is 289 g/mol. The fourth-order valence-corrected chi connectivity index (χ4v) is 3.64. The number of aromatic nitrogens is 1. The molecule has 2 aromatic carbocycles. The number of hydrogen-bond donors (Lipinski definition) is 0. The molecule has 3 aromatic rings. The van der Waals surface area contributed by atoms with Crippen LogP contribution >= 0.6 is 0 Å². The number of aryl methyl sites for hydroxylation is 2. The second kappa shape index (κ2) is 5.13. The summed E-state index contributed by atoms with van der Waals surface area (Å²) in [7, 11) is 0. The lowest BCUT2D eigenvalue weighted by Gasteiger charge is -2.27. The second-order valence-corrected chi connectivity index (χ2v) is 6.27. The smallest absolute Gasteiger partial charge is 0.251 e. The van der Waals surface area contributed by atoms with E-state index in [0.29, 0.717) is 0 Å². The van der Waals surface area contributed by atoms with Crippen molar-refractivity contribution in [3.63, 3.8) is 0 Å². The van der Waals surface area contributed by atoms with E-state index in [9.17, 15) is 4.79 Å². The van der Waals surface area contributed by atoms with Crippen LogP contribution in [0.2, 0.25) is 0 Å². The number of nitrogens with zero attached hydrogens (tertiary/aromatic N) is 1. The van der Waals surface area contributed by atoms with Crippen molar-refractivity contribution in [3.05, 3.63) is 81.6 Å². The molecule has 1 heterocycles. The molecule has 4 rings (SSSR count). The zero-order chi connectivity index (χ0) is 15.1. The Labute approximate surface area is 130 Å². The average molecular weight is 289 g/mol. The molecule has 2 nitrogen and oxygen atoms in total. The SMILES string of the molecule is Cc1ccc2ccc(=O)n(C3CCc4ccccc4C3)c2c1. The molecule has 0 bridgehead atoms. The first kappa shape index (κ1) is 13.3. The van der Waals surface area contributed by atoms with Crippen molar-refractivity contribution in [2.75, 3.05) is 0 Å². The number of rotatable bonds is 1. The average Bonchev–Trinajstić information content (AvgIpc) is 2.54. The van der Waals surface area contributed by atoms with E-state index in [-0.39, 0.29) is 11.6 Å². The molecule has 0 aliphatic heterocycles. The summed E-state index contributed by atoms with van der Waals surface area (Å²) in [5.74, 6) is 0. The molecule has 0 amide bonds. The van der Waals surface area contributed by atoms with Crippen LogP contribution in [0.1, 0.15) is 29.2 Å². The van der Waals surface area contributed by atoms with E-state index in [2.05, 4.69) is 49.4 Å². The third-order valence-electron chi connectivity index (χ3n) is 4.77. The molecule has 0 saturated carbocycles. The zero-order valence-corrected chi connectivity index (χ0v) is 12.8. The van der Waals surface area contributed by atoms with Crippen LogP contribution in [0.15, 0.2) is 59.4 Å². The van der Waals surface area contributed by atoms with Gasteiger partial charge in [-0.2, -0.15) is 0 Å². The first-order chi connectivity index (χ1) is 10.7. The van der Waals surface area contributed by atoms with E-state index in [1.807, 2.05) is 10.6 Å². The van der Waals surface area contributed by atoms with Crippen molar-refractivity contribution in [3.8, 4) is 0 Å². The highest BCUT2D eigenvalue weighted by Gasteiger charge is 2.21. The van der Waals surface area contributed by atoms with Crippen LogP contribution in [0.25, 0.3) is 10.9 Å². The molecule has 0 fully saturated rings. The van der Waals surface area contributed by atoms with Crippen LogP contribution in [-0.2, 0) is 12.8 Å². The van der Waals surface area contributed by atoms with Gasteiger partial charge in [-0.15, -0.1) is 0 Å². The van der Waals surface area contributed by atoms with Crippen LogP contribution in [0.3, 0.4) is 0 Å². The third kappa shape index (κ3) is 2.16. The van der Waals surface area contributed by atoms with Gasteiger partial charge < -0.3 is 4.57 Å². The first-order valence-corrected chi connectivity index (χ1v) is 7.91. The highest BCUT2D eigenvalue weighted by molar-refractivity contribution is 5.79. The van der Waals surface area contributed by atoms with Gasteiger partial charge in [-0.05, 0) is 60.4 Å². The van der Waals surface area contributed by atoms with Crippen molar-refractivity contribution in [2.45, 2.75) is 32.2 Å². The minimum absolute atomic E-state index is 0.113. The molecule has 110 valence electrons. The molecular formula is C20H19NO. The summed E-state index contributed by atoms with van der Waals surface area (Å²) >= 11 is 0. The van der Waals surface area contributed by atoms with Crippen LogP contribution < -0.4 is 5.56 Å². The maximum Gasteiger partial charge on any atom is 0.251 e. The summed E-state index contributed by atoms with van der Waals surface area (Å²) in [5.41, 5.74) is 5.20. The van der Waals surface area contributed by atoms with Crippen molar-refractivity contribution in [2.24, 2.45) is 0 Å². The Balaban J connectivity index is 1.87. The molecule has 22 heavy (non-hydrogen) atoms. The molecule has 0 radical (unpaired) electrons. The fraction of sp³-hybridized carbons (Fsp3) is 0.250. The van der Waals surface area contributed by atoms with Gasteiger partial charge in [0.2, 0.25) is 0 Å². The summed E-state index contributed by atoms with van der Waals surface area (Å²) < 4.78 is 2.01. The van der Waals surface area contributed by atoms with Gasteiger partial charge in [0.15, 0.2) is 0 Å². The number of hydrogen-bond acceptors (Lipinski definition) is 1. The van der Waals surface area contributed by atoms with E-state index < -0.39 is 0 Å². The maximum atomic E-state index is 12.5. The predicted molar refractivity (Wildman–Crippen MR) is 90.4 cm³/mol. The van der Waals surface area contributed by atoms with Crippen LogP contribution in [0, 0.1) is 6.92 Å². The third-order valence-corrected chi connectivity index (χ3v) is 4.77. The van der Waals surface area contributed by atoms with Gasteiger partial charge in [-0.3, -0.25) is 4.79 Å². The van der Waals surface area contributed by atoms with Crippen molar-refractivity contribution >= 4 is 10.9 Å². The largest absolute Gasteiger partial charge is 0.305 e. The van der Waals surface area contributed by atoms with Gasteiger partial charge in [-0.1, -0.05) is 36.4 Å². The summed E-state index contributed by atoms with van der Waals surface area (Å²) in [6.07, 6.45) is 3.03. The highest BCUT2D eigenvalue weighted by atomic mass is 16.1. The molecule has 1 aromatic heterocycles. The van der Waals surface area contributed by atoms with Gasteiger partial charge in [-0.25, -0.2) is 0 Å². The molecule has 1 aliphatic rings. The summed E-state index contributed by atoms with van der Waals surface area (Å²) in [5, 5.41) is 1.14. The van der Waals surface area contributed by atoms with Crippen molar-refractivity contribution in [1.82, 2.24) is 4.57 Å². The summed E-state index contributed by atoms with van der Waals surface area (Å²) in [6.45, 7) is 2.08. The molecule has 1 atom stereocenters. The molecule has 0 saturated heterocycles. The Hall–Kier alpha value is -2.35. The fourth-order valence-electron chi connectivity index (χ4n) is 3.64. The number of fused-ring (bicyclic) bond motifs is 2. The number of pyridine rings is 1. The summed E-state index contributed by atoms with van der Waals surface area (Å²) in [4.78, 5) is 12.5. The second-order valence-electron chi connectivity index (χ2n) is 6.27. The van der Waals surface area contributed by atoms with Gasteiger partial charge in [0.25, 0.3) is 5.56 Å². The topological polar surface area (TPSA) is 22.0 Å². The standard InChI is InChI=1S/C20H19NO/c1-14-6-7-16-9-11-20(22)21(19(16)12-14)18-10-8-15-4-2-3-5-17(15)13-18/h2-7,9,11-12,18H,8,10,13H2,1H3. The zero-order valence-electron chi connectivity index (χ0n) is 12.8. The van der Waals surface area contributed by atoms with E-state index in [4.69, 9.17) is 0 Å². The van der Waals surface area contributed by atoms with Gasteiger partial charge >= 0.3 is 0 Å². The quantitative estimate of drug-likeness (QED) is 0.662. The normalized spacial score (nSPS) is 17.4. The summed E-state index contributed by atoms with van der Waals surface area (Å²) in [6, 6.07) is 18.9. The molecule has 1 aliphatic carbocycles. The Morgan fingerprint density at radius 2 is 1.77 bits per heavy atom.